The molecule has 0 aliphatic heterocycles. The average Bonchev–Trinajstić information content (AvgIpc) is 2.70. The van der Waals surface area contributed by atoms with E-state index < -0.39 is 0 Å². The number of amides is 1. The zero-order valence-corrected chi connectivity index (χ0v) is 14.4. The molecule has 0 fully saturated rings. The lowest BCUT2D eigenvalue weighted by molar-refractivity contribution is 0.103. The second-order valence-corrected chi connectivity index (χ2v) is 7.36. The molecule has 1 aromatic carbocycles. The average molecular weight is 404 g/mol. The predicted octanol–water partition coefficient (Wildman–Crippen LogP) is 4.59. The van der Waals surface area contributed by atoms with Gasteiger partial charge in [0.15, 0.2) is 0 Å². The Kier molecular flexibility index (Phi) is 4.65. The molecule has 0 radical (unpaired) electrons. The molecule has 0 atom stereocenters. The summed E-state index contributed by atoms with van der Waals surface area (Å²) in [5.41, 5.74) is 1.84. The van der Waals surface area contributed by atoms with Crippen LogP contribution < -0.4 is 10.2 Å². The third-order valence-corrected chi connectivity index (χ3v) is 5.74. The number of thiophene rings is 1. The molecule has 19 heavy (non-hydrogen) atoms. The van der Waals surface area contributed by atoms with Gasteiger partial charge in [-0.3, -0.25) is 4.79 Å². The van der Waals surface area contributed by atoms with Gasteiger partial charge in [-0.05, 0) is 56.1 Å². The van der Waals surface area contributed by atoms with Crippen molar-refractivity contribution in [3.8, 4) is 0 Å². The summed E-state index contributed by atoms with van der Waals surface area (Å²) in [6.45, 7) is 0. The molecule has 1 heterocycles. The Balaban J connectivity index is 2.17. The first kappa shape index (κ1) is 14.6. The van der Waals surface area contributed by atoms with Crippen molar-refractivity contribution in [3.05, 3.63) is 43.5 Å². The lowest BCUT2D eigenvalue weighted by Gasteiger charge is -2.13. The molecular weight excluding hydrogens is 392 g/mol. The maximum absolute atomic E-state index is 12.1. The lowest BCUT2D eigenvalue weighted by Crippen LogP contribution is -2.12. The van der Waals surface area contributed by atoms with Gasteiger partial charge in [-0.25, -0.2) is 0 Å². The van der Waals surface area contributed by atoms with Crippen LogP contribution in [0.15, 0.2) is 38.6 Å². The van der Waals surface area contributed by atoms with Crippen molar-refractivity contribution in [2.24, 2.45) is 0 Å². The van der Waals surface area contributed by atoms with Crippen molar-refractivity contribution in [2.45, 2.75) is 0 Å². The zero-order chi connectivity index (χ0) is 14.0. The minimum absolute atomic E-state index is 0.104. The minimum atomic E-state index is -0.104. The van der Waals surface area contributed by atoms with E-state index in [2.05, 4.69) is 37.2 Å². The van der Waals surface area contributed by atoms with Gasteiger partial charge in [0.1, 0.15) is 0 Å². The van der Waals surface area contributed by atoms with Crippen LogP contribution in [-0.2, 0) is 0 Å². The van der Waals surface area contributed by atoms with Crippen molar-refractivity contribution in [3.63, 3.8) is 0 Å². The summed E-state index contributed by atoms with van der Waals surface area (Å²) in [4.78, 5) is 14.8. The van der Waals surface area contributed by atoms with E-state index >= 15 is 0 Å². The maximum Gasteiger partial charge on any atom is 0.265 e. The molecule has 0 aliphatic carbocycles. The number of carbonyl (C=O) groups is 1. The molecule has 0 unspecified atom stereocenters. The third kappa shape index (κ3) is 3.58. The van der Waals surface area contributed by atoms with Crippen LogP contribution in [0.1, 0.15) is 9.67 Å². The summed E-state index contributed by atoms with van der Waals surface area (Å²) >= 11 is 8.16. The number of anilines is 2. The second-order valence-electron chi connectivity index (χ2n) is 4.13. The van der Waals surface area contributed by atoms with Crippen LogP contribution in [0.3, 0.4) is 0 Å². The molecule has 0 spiro atoms. The number of halogens is 2. The number of rotatable bonds is 3. The van der Waals surface area contributed by atoms with Gasteiger partial charge in [-0.1, -0.05) is 6.07 Å². The number of hydrogen-bond donors (Lipinski definition) is 1. The van der Waals surface area contributed by atoms with Gasteiger partial charge in [-0.2, -0.15) is 0 Å². The smallest absolute Gasteiger partial charge is 0.265 e. The fourth-order valence-corrected chi connectivity index (χ4v) is 3.44. The molecule has 1 aromatic heterocycles. The fraction of sp³-hybridized carbons (Fsp3) is 0.154. The largest absolute Gasteiger partial charge is 0.378 e. The van der Waals surface area contributed by atoms with Crippen LogP contribution in [0.25, 0.3) is 0 Å². The van der Waals surface area contributed by atoms with E-state index in [1.165, 1.54) is 11.3 Å². The van der Waals surface area contributed by atoms with Crippen LogP contribution in [0.4, 0.5) is 11.4 Å². The van der Waals surface area contributed by atoms with E-state index in [4.69, 9.17) is 0 Å². The fourth-order valence-electron chi connectivity index (χ4n) is 1.51. The molecule has 0 saturated carbocycles. The number of nitrogens with one attached hydrogen (secondary N) is 1. The van der Waals surface area contributed by atoms with Crippen LogP contribution in [-0.4, -0.2) is 20.0 Å². The molecule has 1 N–H and O–H groups in total. The van der Waals surface area contributed by atoms with Gasteiger partial charge in [0.25, 0.3) is 5.91 Å². The van der Waals surface area contributed by atoms with Gasteiger partial charge < -0.3 is 10.2 Å². The van der Waals surface area contributed by atoms with Gasteiger partial charge in [-0.15, -0.1) is 11.3 Å². The van der Waals surface area contributed by atoms with Gasteiger partial charge in [0, 0.05) is 29.9 Å². The SMILES string of the molecule is CN(C)c1cccc(NC(=O)c2cc(Br)c(Br)s2)c1. The summed E-state index contributed by atoms with van der Waals surface area (Å²) in [6.07, 6.45) is 0. The van der Waals surface area contributed by atoms with E-state index in [1.54, 1.807) is 6.07 Å². The summed E-state index contributed by atoms with van der Waals surface area (Å²) in [5, 5.41) is 2.90. The first-order valence-electron chi connectivity index (χ1n) is 5.51. The molecule has 100 valence electrons. The van der Waals surface area contributed by atoms with Crippen molar-refractivity contribution in [1.29, 1.82) is 0 Å². The van der Waals surface area contributed by atoms with Crippen LogP contribution in [0.5, 0.6) is 0 Å². The maximum atomic E-state index is 12.1. The van der Waals surface area contributed by atoms with Crippen LogP contribution >= 0.6 is 43.2 Å². The zero-order valence-electron chi connectivity index (χ0n) is 10.4. The molecule has 0 bridgehead atoms. The standard InChI is InChI=1S/C13H12Br2N2OS/c1-17(2)9-5-3-4-8(6-9)16-13(18)11-7-10(14)12(15)19-11/h3-7H,1-2H3,(H,16,18). The molecule has 3 nitrogen and oxygen atoms in total. The molecule has 6 heteroatoms. The Hall–Kier alpha value is -0.850. The third-order valence-electron chi connectivity index (χ3n) is 2.49. The van der Waals surface area contributed by atoms with E-state index in [0.29, 0.717) is 4.88 Å². The summed E-state index contributed by atoms with van der Waals surface area (Å²) in [5.74, 6) is -0.104. The Morgan fingerprint density at radius 1 is 1.26 bits per heavy atom. The van der Waals surface area contributed by atoms with Crippen molar-refractivity contribution in [2.75, 3.05) is 24.3 Å². The molecule has 1 amide bonds. The Labute approximate surface area is 132 Å². The minimum Gasteiger partial charge on any atom is -0.378 e. The molecule has 0 aliphatic rings. The van der Waals surface area contributed by atoms with Gasteiger partial charge in [0.05, 0.1) is 8.66 Å². The highest BCUT2D eigenvalue weighted by Crippen LogP contribution is 2.32. The van der Waals surface area contributed by atoms with Crippen molar-refractivity contribution < 1.29 is 4.79 Å². The summed E-state index contributed by atoms with van der Waals surface area (Å²) in [7, 11) is 3.93. The van der Waals surface area contributed by atoms with E-state index in [0.717, 1.165) is 19.6 Å². The first-order valence-corrected chi connectivity index (χ1v) is 7.91. The lowest BCUT2D eigenvalue weighted by atomic mass is 10.2. The molecule has 2 aromatic rings. The highest BCUT2D eigenvalue weighted by molar-refractivity contribution is 9.13. The van der Waals surface area contributed by atoms with Crippen molar-refractivity contribution >= 4 is 60.5 Å². The first-order chi connectivity index (χ1) is 8.97. The highest BCUT2D eigenvalue weighted by atomic mass is 79.9. The molecule has 0 saturated heterocycles. The van der Waals surface area contributed by atoms with Crippen LogP contribution in [0, 0.1) is 0 Å². The normalized spacial score (nSPS) is 10.3. The molecular formula is C13H12Br2N2OS. The topological polar surface area (TPSA) is 32.3 Å². The quantitative estimate of drug-likeness (QED) is 0.812. The number of carbonyl (C=O) groups excluding carboxylic acids is 1. The predicted molar refractivity (Wildman–Crippen MR) is 88.4 cm³/mol. The number of nitrogens with zero attached hydrogens (tertiary/aromatic N) is 1. The van der Waals surface area contributed by atoms with Crippen molar-refractivity contribution in [1.82, 2.24) is 0 Å². The second kappa shape index (κ2) is 6.07. The van der Waals surface area contributed by atoms with Gasteiger partial charge in [0.2, 0.25) is 0 Å². The van der Waals surface area contributed by atoms with Crippen LogP contribution in [0.2, 0.25) is 0 Å². The Bertz CT molecular complexity index is 591. The Morgan fingerprint density at radius 2 is 2.00 bits per heavy atom. The number of hydrogen-bond acceptors (Lipinski definition) is 3. The molecule has 2 rings (SSSR count). The van der Waals surface area contributed by atoms with E-state index in [1.807, 2.05) is 43.3 Å². The van der Waals surface area contributed by atoms with Gasteiger partial charge >= 0.3 is 0 Å². The number of benzene rings is 1. The highest BCUT2D eigenvalue weighted by Gasteiger charge is 2.12. The summed E-state index contributed by atoms with van der Waals surface area (Å²) < 4.78 is 1.81. The van der Waals surface area contributed by atoms with E-state index in [-0.39, 0.29) is 5.91 Å². The van der Waals surface area contributed by atoms with E-state index in [9.17, 15) is 4.79 Å². The monoisotopic (exact) mass is 402 g/mol. The summed E-state index contributed by atoms with van der Waals surface area (Å²) in [6, 6.07) is 9.54. The Morgan fingerprint density at radius 3 is 2.58 bits per heavy atom.